The van der Waals surface area contributed by atoms with Gasteiger partial charge in [0.05, 0.1) is 7.11 Å². The molecule has 0 radical (unpaired) electrons. The molecule has 0 bridgehead atoms. The molecule has 0 fully saturated rings. The SMILES string of the molecule is COc1ccc2[nH]c(C)c(CCNC(=O)c3ccccc3C)c2c1. The summed E-state index contributed by atoms with van der Waals surface area (Å²) in [6, 6.07) is 13.6. The second-order valence-corrected chi connectivity index (χ2v) is 5.96. The largest absolute Gasteiger partial charge is 0.497 e. The van der Waals surface area contributed by atoms with E-state index in [9.17, 15) is 4.79 Å². The molecule has 3 rings (SSSR count). The monoisotopic (exact) mass is 322 g/mol. The lowest BCUT2D eigenvalue weighted by Gasteiger charge is -2.08. The first-order valence-corrected chi connectivity index (χ1v) is 8.09. The number of aryl methyl sites for hydroxylation is 2. The highest BCUT2D eigenvalue weighted by molar-refractivity contribution is 5.95. The molecule has 2 aromatic carbocycles. The van der Waals surface area contributed by atoms with Gasteiger partial charge in [-0.05, 0) is 55.7 Å². The van der Waals surface area contributed by atoms with Crippen molar-refractivity contribution >= 4 is 16.8 Å². The maximum atomic E-state index is 12.3. The molecule has 0 saturated carbocycles. The molecule has 1 heterocycles. The molecular weight excluding hydrogens is 300 g/mol. The van der Waals surface area contributed by atoms with E-state index in [-0.39, 0.29) is 5.91 Å². The summed E-state index contributed by atoms with van der Waals surface area (Å²) >= 11 is 0. The van der Waals surface area contributed by atoms with Crippen molar-refractivity contribution < 1.29 is 9.53 Å². The van der Waals surface area contributed by atoms with Gasteiger partial charge in [-0.3, -0.25) is 4.79 Å². The summed E-state index contributed by atoms with van der Waals surface area (Å²) in [5, 5.41) is 4.16. The van der Waals surface area contributed by atoms with Crippen molar-refractivity contribution in [1.29, 1.82) is 0 Å². The molecule has 3 aromatic rings. The number of aromatic nitrogens is 1. The van der Waals surface area contributed by atoms with Crippen molar-refractivity contribution in [2.24, 2.45) is 0 Å². The Kier molecular flexibility index (Phi) is 4.56. The summed E-state index contributed by atoms with van der Waals surface area (Å²) in [5.41, 5.74) is 5.16. The first kappa shape index (κ1) is 16.1. The summed E-state index contributed by atoms with van der Waals surface area (Å²) < 4.78 is 5.32. The van der Waals surface area contributed by atoms with Gasteiger partial charge in [0.1, 0.15) is 5.75 Å². The summed E-state index contributed by atoms with van der Waals surface area (Å²) in [7, 11) is 1.67. The van der Waals surface area contributed by atoms with Crippen LogP contribution < -0.4 is 10.1 Å². The lowest BCUT2D eigenvalue weighted by Crippen LogP contribution is -2.26. The Bertz CT molecular complexity index is 880. The number of methoxy groups -OCH3 is 1. The Labute approximate surface area is 141 Å². The number of fused-ring (bicyclic) bond motifs is 1. The molecule has 2 N–H and O–H groups in total. The third kappa shape index (κ3) is 3.13. The van der Waals surface area contributed by atoms with Gasteiger partial charge >= 0.3 is 0 Å². The molecule has 0 unspecified atom stereocenters. The predicted molar refractivity (Wildman–Crippen MR) is 96.8 cm³/mol. The van der Waals surface area contributed by atoms with Gasteiger partial charge in [-0.1, -0.05) is 18.2 Å². The number of ether oxygens (including phenoxy) is 1. The van der Waals surface area contributed by atoms with Gasteiger partial charge in [0.15, 0.2) is 0 Å². The minimum atomic E-state index is -0.0248. The van der Waals surface area contributed by atoms with E-state index in [0.717, 1.165) is 39.9 Å². The maximum Gasteiger partial charge on any atom is 0.251 e. The van der Waals surface area contributed by atoms with E-state index >= 15 is 0 Å². The standard InChI is InChI=1S/C20H22N2O2/c1-13-6-4-5-7-16(13)20(23)21-11-10-17-14(2)22-19-9-8-15(24-3)12-18(17)19/h4-9,12,22H,10-11H2,1-3H3,(H,21,23). The van der Waals surface area contributed by atoms with Crippen LogP contribution in [0.25, 0.3) is 10.9 Å². The van der Waals surface area contributed by atoms with Gasteiger partial charge in [-0.2, -0.15) is 0 Å². The van der Waals surface area contributed by atoms with Crippen LogP contribution in [0.3, 0.4) is 0 Å². The number of amides is 1. The van der Waals surface area contributed by atoms with Gasteiger partial charge in [0.2, 0.25) is 0 Å². The summed E-state index contributed by atoms with van der Waals surface area (Å²) in [6.45, 7) is 4.61. The molecule has 4 nitrogen and oxygen atoms in total. The number of nitrogens with one attached hydrogen (secondary N) is 2. The van der Waals surface area contributed by atoms with Crippen LogP contribution in [0.5, 0.6) is 5.75 Å². The van der Waals surface area contributed by atoms with Crippen molar-refractivity contribution in [3.05, 3.63) is 64.8 Å². The van der Waals surface area contributed by atoms with Crippen LogP contribution in [0.1, 0.15) is 27.2 Å². The maximum absolute atomic E-state index is 12.3. The molecular formula is C20H22N2O2. The normalized spacial score (nSPS) is 10.8. The fraction of sp³-hybridized carbons (Fsp3) is 0.250. The lowest BCUT2D eigenvalue weighted by atomic mass is 10.1. The molecule has 1 aromatic heterocycles. The van der Waals surface area contributed by atoms with Crippen LogP contribution in [0.4, 0.5) is 0 Å². The van der Waals surface area contributed by atoms with Gasteiger partial charge in [-0.25, -0.2) is 0 Å². The zero-order chi connectivity index (χ0) is 17.1. The van der Waals surface area contributed by atoms with Crippen molar-refractivity contribution in [2.45, 2.75) is 20.3 Å². The van der Waals surface area contributed by atoms with Crippen molar-refractivity contribution in [3.8, 4) is 5.75 Å². The van der Waals surface area contributed by atoms with Crippen molar-refractivity contribution in [1.82, 2.24) is 10.3 Å². The number of hydrogen-bond acceptors (Lipinski definition) is 2. The van der Waals surface area contributed by atoms with E-state index in [4.69, 9.17) is 4.74 Å². The highest BCUT2D eigenvalue weighted by atomic mass is 16.5. The molecule has 0 aliphatic heterocycles. The Morgan fingerprint density at radius 3 is 2.71 bits per heavy atom. The van der Waals surface area contributed by atoms with Crippen LogP contribution in [0, 0.1) is 13.8 Å². The highest BCUT2D eigenvalue weighted by Crippen LogP contribution is 2.26. The molecule has 24 heavy (non-hydrogen) atoms. The Hall–Kier alpha value is -2.75. The predicted octanol–water partition coefficient (Wildman–Crippen LogP) is 3.77. The first-order valence-electron chi connectivity index (χ1n) is 8.09. The van der Waals surface area contributed by atoms with Crippen LogP contribution >= 0.6 is 0 Å². The highest BCUT2D eigenvalue weighted by Gasteiger charge is 2.11. The molecule has 0 aliphatic rings. The van der Waals surface area contributed by atoms with Crippen LogP contribution in [-0.2, 0) is 6.42 Å². The van der Waals surface area contributed by atoms with Crippen molar-refractivity contribution in [3.63, 3.8) is 0 Å². The number of carbonyl (C=O) groups excluding carboxylic acids is 1. The average molecular weight is 322 g/mol. The van der Waals surface area contributed by atoms with Gasteiger partial charge in [0, 0.05) is 28.7 Å². The van der Waals surface area contributed by atoms with Gasteiger partial charge in [-0.15, -0.1) is 0 Å². The number of benzene rings is 2. The Balaban J connectivity index is 1.73. The number of H-pyrrole nitrogens is 1. The number of rotatable bonds is 5. The summed E-state index contributed by atoms with van der Waals surface area (Å²) in [4.78, 5) is 15.7. The third-order valence-corrected chi connectivity index (χ3v) is 4.38. The summed E-state index contributed by atoms with van der Waals surface area (Å²) in [5.74, 6) is 0.815. The third-order valence-electron chi connectivity index (χ3n) is 4.38. The molecule has 4 heteroatoms. The zero-order valence-electron chi connectivity index (χ0n) is 14.3. The fourth-order valence-electron chi connectivity index (χ4n) is 3.03. The lowest BCUT2D eigenvalue weighted by molar-refractivity contribution is 0.0953. The first-order chi connectivity index (χ1) is 11.6. The number of carbonyl (C=O) groups is 1. The molecule has 0 spiro atoms. The van der Waals surface area contributed by atoms with E-state index in [1.807, 2.05) is 49.4 Å². The number of aromatic amines is 1. The fourth-order valence-corrected chi connectivity index (χ4v) is 3.03. The van der Waals surface area contributed by atoms with Crippen LogP contribution in [-0.4, -0.2) is 24.5 Å². The van der Waals surface area contributed by atoms with E-state index < -0.39 is 0 Å². The van der Waals surface area contributed by atoms with E-state index in [1.54, 1.807) is 7.11 Å². The van der Waals surface area contributed by atoms with Crippen LogP contribution in [0.15, 0.2) is 42.5 Å². The molecule has 0 aliphatic carbocycles. The minimum absolute atomic E-state index is 0.0248. The van der Waals surface area contributed by atoms with Gasteiger partial charge in [0.25, 0.3) is 5.91 Å². The second kappa shape index (κ2) is 6.79. The topological polar surface area (TPSA) is 54.1 Å². The van der Waals surface area contributed by atoms with E-state index in [1.165, 1.54) is 5.56 Å². The smallest absolute Gasteiger partial charge is 0.251 e. The zero-order valence-corrected chi connectivity index (χ0v) is 14.3. The molecule has 0 saturated heterocycles. The molecule has 1 amide bonds. The summed E-state index contributed by atoms with van der Waals surface area (Å²) in [6.07, 6.45) is 0.774. The minimum Gasteiger partial charge on any atom is -0.497 e. The van der Waals surface area contributed by atoms with Crippen LogP contribution in [0.2, 0.25) is 0 Å². The van der Waals surface area contributed by atoms with E-state index in [2.05, 4.69) is 17.2 Å². The average Bonchev–Trinajstić information content (AvgIpc) is 2.90. The second-order valence-electron chi connectivity index (χ2n) is 5.96. The number of hydrogen-bond donors (Lipinski definition) is 2. The quantitative estimate of drug-likeness (QED) is 0.751. The molecule has 124 valence electrons. The van der Waals surface area contributed by atoms with Crippen molar-refractivity contribution in [2.75, 3.05) is 13.7 Å². The molecule has 0 atom stereocenters. The Morgan fingerprint density at radius 2 is 1.96 bits per heavy atom. The van der Waals surface area contributed by atoms with Gasteiger partial charge < -0.3 is 15.0 Å². The van der Waals surface area contributed by atoms with E-state index in [0.29, 0.717) is 6.54 Å². The Morgan fingerprint density at radius 1 is 1.17 bits per heavy atom.